The highest BCUT2D eigenvalue weighted by Crippen LogP contribution is 2.36. The van der Waals surface area contributed by atoms with Crippen molar-refractivity contribution in [3.8, 4) is 23.3 Å². The zero-order valence-corrected chi connectivity index (χ0v) is 73.4. The second kappa shape index (κ2) is 40.0. The van der Waals surface area contributed by atoms with Crippen molar-refractivity contribution in [3.05, 3.63) is 276 Å². The van der Waals surface area contributed by atoms with Crippen molar-refractivity contribution in [3.63, 3.8) is 0 Å². The first kappa shape index (κ1) is 93.6. The van der Waals surface area contributed by atoms with Gasteiger partial charge in [-0.2, -0.15) is 46.7 Å². The van der Waals surface area contributed by atoms with E-state index in [-0.39, 0.29) is 89.8 Å². The molecular formula is C82H76Br2Cl4F6N20O8. The highest BCUT2D eigenvalue weighted by atomic mass is 79.9. The number of benzene rings is 4. The van der Waals surface area contributed by atoms with E-state index in [1.165, 1.54) is 72.3 Å². The summed E-state index contributed by atoms with van der Waals surface area (Å²) in [4.78, 5) is 119. The average molecular weight is 1890 g/mol. The number of hydrogen-bond acceptors (Lipinski definition) is 16. The third-order valence-corrected chi connectivity index (χ3v) is 19.2. The molecule has 8 heterocycles. The molecule has 0 atom stereocenters. The number of nitrogens with zero attached hydrogens (tertiary/aromatic N) is 12. The Balaban J connectivity index is 0.000000185. The van der Waals surface area contributed by atoms with Gasteiger partial charge < -0.3 is 42.5 Å². The maximum Gasteiger partial charge on any atom is 0.435 e. The second-order valence-electron chi connectivity index (χ2n) is 27.6. The Labute approximate surface area is 731 Å². The number of anilines is 4. The Bertz CT molecular complexity index is 6050. The lowest BCUT2D eigenvalue weighted by Crippen LogP contribution is -2.31. The molecular weight excluding hydrogens is 1810 g/mol. The minimum Gasteiger partial charge on any atom is -0.355 e. The molecule has 122 heavy (non-hydrogen) atoms. The molecule has 4 aromatic carbocycles. The summed E-state index contributed by atoms with van der Waals surface area (Å²) in [5.74, 6) is -3.17. The third-order valence-electron chi connectivity index (χ3n) is 17.4. The first-order chi connectivity index (χ1) is 57.4. The summed E-state index contributed by atoms with van der Waals surface area (Å²) in [5.41, 5.74) is 4.13. The van der Waals surface area contributed by atoms with E-state index >= 15 is 0 Å². The lowest BCUT2D eigenvalue weighted by molar-refractivity contribution is -0.142. The predicted octanol–water partition coefficient (Wildman–Crippen LogP) is 17.7. The lowest BCUT2D eigenvalue weighted by Gasteiger charge is -2.16. The molecule has 8 amide bonds. The van der Waals surface area contributed by atoms with E-state index in [4.69, 9.17) is 46.4 Å². The number of halogens is 12. The molecule has 28 nitrogen and oxygen atoms in total. The van der Waals surface area contributed by atoms with Crippen LogP contribution in [-0.2, 0) is 12.4 Å². The number of amides is 8. The third kappa shape index (κ3) is 22.9. The first-order valence-corrected chi connectivity index (χ1v) is 39.5. The summed E-state index contributed by atoms with van der Waals surface area (Å²) in [6.45, 7) is 21.1. The number of rotatable bonds is 18. The molecule has 0 aliphatic heterocycles. The monoisotopic (exact) mass is 1880 g/mol. The molecule has 8 aromatic heterocycles. The summed E-state index contributed by atoms with van der Waals surface area (Å²) >= 11 is 31.1. The maximum atomic E-state index is 13.4. The molecule has 0 spiro atoms. The number of carbonyl (C=O) groups excluding carboxylic acids is 8. The van der Waals surface area contributed by atoms with Gasteiger partial charge in [-0.15, -0.1) is 0 Å². The van der Waals surface area contributed by atoms with Crippen molar-refractivity contribution >= 4 is 148 Å². The van der Waals surface area contributed by atoms with Crippen LogP contribution in [0.25, 0.3) is 23.3 Å². The van der Waals surface area contributed by atoms with Crippen LogP contribution in [0.1, 0.15) is 167 Å². The second-order valence-corrected chi connectivity index (χ2v) is 31.0. The van der Waals surface area contributed by atoms with Gasteiger partial charge in [0, 0.05) is 94.2 Å². The normalized spacial score (nSPS) is 11.1. The van der Waals surface area contributed by atoms with Crippen LogP contribution in [0, 0.1) is 55.4 Å². The zero-order chi connectivity index (χ0) is 89.8. The molecule has 12 rings (SSSR count). The largest absolute Gasteiger partial charge is 0.435 e. The van der Waals surface area contributed by atoms with E-state index in [1.807, 2.05) is 58.9 Å². The van der Waals surface area contributed by atoms with E-state index in [1.54, 1.807) is 109 Å². The Morgan fingerprint density at radius 2 is 0.598 bits per heavy atom. The van der Waals surface area contributed by atoms with E-state index in [2.05, 4.69) is 115 Å². The summed E-state index contributed by atoms with van der Waals surface area (Å²) in [7, 11) is 2.93. The topological polar surface area (TPSA) is 356 Å². The molecule has 0 saturated carbocycles. The van der Waals surface area contributed by atoms with E-state index in [0.717, 1.165) is 40.6 Å². The van der Waals surface area contributed by atoms with E-state index in [0.29, 0.717) is 68.5 Å². The fourth-order valence-corrected chi connectivity index (χ4v) is 13.9. The Kier molecular flexibility index (Phi) is 30.7. The summed E-state index contributed by atoms with van der Waals surface area (Å²) in [6, 6.07) is 30.5. The molecule has 0 aliphatic carbocycles. The fraction of sp³-hybridized carbons (Fsp3) is 0.220. The van der Waals surface area contributed by atoms with Gasteiger partial charge in [-0.3, -0.25) is 38.4 Å². The minimum atomic E-state index is -4.78. The van der Waals surface area contributed by atoms with Crippen molar-refractivity contribution in [2.75, 3.05) is 35.4 Å². The molecule has 0 bridgehead atoms. The lowest BCUT2D eigenvalue weighted by atomic mass is 10.1. The van der Waals surface area contributed by atoms with Gasteiger partial charge >= 0.3 is 12.4 Å². The Hall–Kier alpha value is -12.2. The van der Waals surface area contributed by atoms with Gasteiger partial charge in [0.15, 0.2) is 45.0 Å². The molecule has 12 aromatic rings. The van der Waals surface area contributed by atoms with Crippen molar-refractivity contribution in [2.24, 2.45) is 0 Å². The predicted molar refractivity (Wildman–Crippen MR) is 458 cm³/mol. The van der Waals surface area contributed by atoms with Gasteiger partial charge in [0.25, 0.3) is 47.3 Å². The van der Waals surface area contributed by atoms with Crippen molar-refractivity contribution < 1.29 is 64.7 Å². The molecule has 0 aliphatic rings. The van der Waals surface area contributed by atoms with Crippen molar-refractivity contribution in [2.45, 2.75) is 108 Å². The molecule has 0 radical (unpaired) electrons. The Morgan fingerprint density at radius 3 is 0.869 bits per heavy atom. The van der Waals surface area contributed by atoms with Crippen LogP contribution in [-0.4, -0.2) is 132 Å². The van der Waals surface area contributed by atoms with Gasteiger partial charge in [-0.25, -0.2) is 38.7 Å². The summed E-state index contributed by atoms with van der Waals surface area (Å²) in [6.07, 6.45) is -3.55. The van der Waals surface area contributed by atoms with Crippen LogP contribution in [0.5, 0.6) is 0 Å². The van der Waals surface area contributed by atoms with Crippen LogP contribution in [0.4, 0.5) is 49.1 Å². The van der Waals surface area contributed by atoms with Gasteiger partial charge in [0.1, 0.15) is 22.8 Å². The molecule has 636 valence electrons. The number of carbonyl (C=O) groups is 8. The highest BCUT2D eigenvalue weighted by Gasteiger charge is 2.39. The first-order valence-electron chi connectivity index (χ1n) is 36.4. The van der Waals surface area contributed by atoms with Crippen LogP contribution >= 0.6 is 78.3 Å². The number of nitrogens with one attached hydrogen (secondary N) is 8. The average Bonchev–Trinajstić information content (AvgIpc) is 1.66. The maximum absolute atomic E-state index is 13.4. The Morgan fingerprint density at radius 1 is 0.344 bits per heavy atom. The van der Waals surface area contributed by atoms with E-state index < -0.39 is 70.6 Å². The number of pyridine rings is 4. The van der Waals surface area contributed by atoms with Crippen LogP contribution < -0.4 is 42.5 Å². The highest BCUT2D eigenvalue weighted by molar-refractivity contribution is 9.10. The SMILES string of the molecule is CNC(=O)c1cc(Br)cc(C)c1NC(=O)c1cc(Cl)nn1-c1ncccc1C.CNC(=O)c1cc(Cl)cc(C)c1NC(=O)c1cc(C(F)(F)F)nn1-c1ncccc1C.Cc1cccnc1-n1nc(C(F)(F)F)cc1C(=O)Nc1c(C)cc(Cl)cc1C(=O)NC(C)C.Cc1cccnc1-n1nc(Cl)cc1C(=O)Nc1c(C)cc(Br)cc1C(=O)NC(C)C. The van der Waals surface area contributed by atoms with Gasteiger partial charge in [-0.05, 0) is 200 Å². The van der Waals surface area contributed by atoms with Crippen LogP contribution in [0.2, 0.25) is 20.4 Å². The van der Waals surface area contributed by atoms with Crippen LogP contribution in [0.15, 0.2) is 155 Å². The smallest absolute Gasteiger partial charge is 0.355 e. The van der Waals surface area contributed by atoms with Crippen molar-refractivity contribution in [1.29, 1.82) is 0 Å². The van der Waals surface area contributed by atoms with Crippen LogP contribution in [0.3, 0.4) is 0 Å². The summed E-state index contributed by atoms with van der Waals surface area (Å²) < 4.78 is 86.1. The molecule has 40 heteroatoms. The van der Waals surface area contributed by atoms with Crippen molar-refractivity contribution in [1.82, 2.24) is 80.3 Å². The summed E-state index contributed by atoms with van der Waals surface area (Å²) in [5, 5.41) is 37.7. The standard InChI is InChI=1S/C22H21ClF3N5O2.C21H21BrClN5O2.C20H17ClF3N5O2.C19H17BrClN5O2/c1-11(2)28-20(32)15-9-14(23)8-13(4)18(15)29-21(33)16-10-17(22(24,25)26)30-31(16)19-12(3)6-5-7-27-19;1-11(2)25-20(29)15-9-14(22)8-13(4)18(15)26-21(30)16-10-17(23)27-28(16)19-12(3)6-5-7-24-19;1-10-5-4-6-26-17(10)29-14(9-15(28-29)20(22,23)24)19(31)27-16-11(2)7-12(21)8-13(16)18(30)25-3;1-10-5-4-6-23-17(10)26-14(9-15(21)25-26)19(28)24-16-11(2)7-12(20)8-13(16)18(27)22-3/h5-11H,1-4H3,(H,28,32)(H,29,33);5-11H,1-4H3,(H,25,29)(H,26,30);4-9H,1-3H3,(H,25,30)(H,27,31);4-9H,1-3H3,(H,22,27)(H,24,28). The van der Waals surface area contributed by atoms with E-state index in [9.17, 15) is 64.7 Å². The number of aromatic nitrogens is 12. The van der Waals surface area contributed by atoms with Gasteiger partial charge in [0.05, 0.1) is 45.0 Å². The molecule has 0 fully saturated rings. The number of alkyl halides is 6. The van der Waals surface area contributed by atoms with Gasteiger partial charge in [-0.1, -0.05) is 103 Å². The quantitative estimate of drug-likeness (QED) is 0.0370. The minimum absolute atomic E-state index is 0.0484. The molecule has 0 saturated heterocycles. The molecule has 8 N–H and O–H groups in total. The molecule has 0 unspecified atom stereocenters. The fourth-order valence-electron chi connectivity index (χ4n) is 11.8. The van der Waals surface area contributed by atoms with Gasteiger partial charge in [0.2, 0.25) is 0 Å². The number of aryl methyl sites for hydroxylation is 8. The zero-order valence-electron chi connectivity index (χ0n) is 67.2. The number of hydrogen-bond donors (Lipinski definition) is 8.